The van der Waals surface area contributed by atoms with Crippen molar-refractivity contribution in [1.82, 2.24) is 0 Å². The molecule has 1 atom stereocenters. The van der Waals surface area contributed by atoms with E-state index in [1.54, 1.807) is 14.2 Å². The maximum atomic E-state index is 12.2. The summed E-state index contributed by atoms with van der Waals surface area (Å²) in [6.45, 7) is 2.55. The van der Waals surface area contributed by atoms with Crippen LogP contribution >= 0.6 is 0 Å². The number of hydrogen-bond donors (Lipinski definition) is 1. The van der Waals surface area contributed by atoms with Crippen LogP contribution in [0.3, 0.4) is 0 Å². The van der Waals surface area contributed by atoms with E-state index in [0.29, 0.717) is 24.5 Å². The van der Waals surface area contributed by atoms with Crippen LogP contribution in [0.1, 0.15) is 30.4 Å². The van der Waals surface area contributed by atoms with E-state index in [1.807, 2.05) is 43.3 Å². The van der Waals surface area contributed by atoms with Gasteiger partial charge in [0, 0.05) is 30.0 Å². The number of carbonyl (C=O) groups excluding carboxylic acids is 1. The van der Waals surface area contributed by atoms with Gasteiger partial charge in [0.1, 0.15) is 17.2 Å². The fourth-order valence-corrected chi connectivity index (χ4v) is 3.11. The van der Waals surface area contributed by atoms with Crippen LogP contribution in [0.25, 0.3) is 0 Å². The third-order valence-corrected chi connectivity index (χ3v) is 4.15. The Hall–Kier alpha value is -2.69. The number of hydrogen-bond acceptors (Lipinski definition) is 4. The van der Waals surface area contributed by atoms with Gasteiger partial charge in [0.25, 0.3) is 0 Å². The lowest BCUT2D eigenvalue weighted by Crippen LogP contribution is -2.24. The summed E-state index contributed by atoms with van der Waals surface area (Å²) in [5.74, 6) is 2.04. The molecule has 2 aromatic carbocycles. The van der Waals surface area contributed by atoms with Crippen molar-refractivity contribution in [1.29, 1.82) is 0 Å². The van der Waals surface area contributed by atoms with Crippen LogP contribution < -0.4 is 19.5 Å². The summed E-state index contributed by atoms with van der Waals surface area (Å²) in [6.07, 6.45) is 0.366. The molecule has 5 nitrogen and oxygen atoms in total. The van der Waals surface area contributed by atoms with Crippen LogP contribution in [0.4, 0.5) is 5.69 Å². The van der Waals surface area contributed by atoms with Crippen molar-refractivity contribution in [2.45, 2.75) is 19.3 Å². The Morgan fingerprint density at radius 2 is 1.96 bits per heavy atom. The van der Waals surface area contributed by atoms with Gasteiger partial charge in [-0.05, 0) is 24.6 Å². The summed E-state index contributed by atoms with van der Waals surface area (Å²) in [5, 5.41) is 2.92. The van der Waals surface area contributed by atoms with Crippen LogP contribution in [-0.4, -0.2) is 26.7 Å². The normalized spacial score (nSPS) is 16.1. The average Bonchev–Trinajstić information content (AvgIpc) is 2.60. The van der Waals surface area contributed by atoms with E-state index in [9.17, 15) is 4.79 Å². The lowest BCUT2D eigenvalue weighted by molar-refractivity contribution is -0.116. The Labute approximate surface area is 141 Å². The molecule has 5 heteroatoms. The summed E-state index contributed by atoms with van der Waals surface area (Å²) in [4.78, 5) is 12.2. The molecule has 0 radical (unpaired) electrons. The number of rotatable bonds is 5. The molecular weight excluding hydrogens is 306 g/mol. The summed E-state index contributed by atoms with van der Waals surface area (Å²) >= 11 is 0. The van der Waals surface area contributed by atoms with Gasteiger partial charge >= 0.3 is 0 Å². The van der Waals surface area contributed by atoms with Crippen LogP contribution in [0.15, 0.2) is 36.4 Å². The van der Waals surface area contributed by atoms with Crippen molar-refractivity contribution in [2.24, 2.45) is 0 Å². The second kappa shape index (κ2) is 6.83. The van der Waals surface area contributed by atoms with Crippen LogP contribution in [0.5, 0.6) is 17.2 Å². The highest BCUT2D eigenvalue weighted by Gasteiger charge is 2.30. The molecule has 1 heterocycles. The maximum absolute atomic E-state index is 12.2. The van der Waals surface area contributed by atoms with Crippen LogP contribution in [0.2, 0.25) is 0 Å². The molecule has 2 aromatic rings. The summed E-state index contributed by atoms with van der Waals surface area (Å²) in [6, 6.07) is 11.5. The molecule has 0 spiro atoms. The number of amides is 1. The lowest BCUT2D eigenvalue weighted by Gasteiger charge is -2.28. The largest absolute Gasteiger partial charge is 0.497 e. The zero-order valence-electron chi connectivity index (χ0n) is 14.1. The first-order valence-electron chi connectivity index (χ1n) is 7.94. The monoisotopic (exact) mass is 327 g/mol. The van der Waals surface area contributed by atoms with Crippen molar-refractivity contribution in [2.75, 3.05) is 26.1 Å². The van der Waals surface area contributed by atoms with Crippen LogP contribution in [0, 0.1) is 0 Å². The summed E-state index contributed by atoms with van der Waals surface area (Å²) in [7, 11) is 3.22. The van der Waals surface area contributed by atoms with Gasteiger partial charge in [-0.15, -0.1) is 0 Å². The molecule has 0 aliphatic carbocycles. The number of methoxy groups -OCH3 is 2. The fraction of sp³-hybridized carbons (Fsp3) is 0.316. The molecule has 0 aromatic heterocycles. The molecule has 0 bridgehead atoms. The van der Waals surface area contributed by atoms with Crippen molar-refractivity contribution in [3.05, 3.63) is 47.5 Å². The van der Waals surface area contributed by atoms with Gasteiger partial charge < -0.3 is 19.5 Å². The smallest absolute Gasteiger partial charge is 0.225 e. The molecule has 24 heavy (non-hydrogen) atoms. The van der Waals surface area contributed by atoms with Gasteiger partial charge in [-0.25, -0.2) is 0 Å². The second-order valence-corrected chi connectivity index (χ2v) is 5.60. The first-order chi connectivity index (χ1) is 11.7. The maximum Gasteiger partial charge on any atom is 0.225 e. The molecule has 0 fully saturated rings. The molecule has 0 saturated carbocycles. The van der Waals surface area contributed by atoms with Gasteiger partial charge in [-0.3, -0.25) is 4.79 Å². The first kappa shape index (κ1) is 16.2. The zero-order valence-corrected chi connectivity index (χ0v) is 14.1. The Morgan fingerprint density at radius 1 is 1.12 bits per heavy atom. The predicted octanol–water partition coefficient (Wildman–Crippen LogP) is 3.58. The molecule has 3 rings (SSSR count). The van der Waals surface area contributed by atoms with E-state index >= 15 is 0 Å². The van der Waals surface area contributed by atoms with E-state index in [-0.39, 0.29) is 11.8 Å². The minimum Gasteiger partial charge on any atom is -0.497 e. The Bertz CT molecular complexity index is 757. The second-order valence-electron chi connectivity index (χ2n) is 5.60. The van der Waals surface area contributed by atoms with E-state index in [4.69, 9.17) is 14.2 Å². The Morgan fingerprint density at radius 3 is 2.67 bits per heavy atom. The topological polar surface area (TPSA) is 56.8 Å². The summed E-state index contributed by atoms with van der Waals surface area (Å²) < 4.78 is 16.4. The standard InChI is InChI=1S/C19H21NO4/c1-4-24-13-7-5-6-12(8-13)15-11-18(21)20-16-9-14(22-2)10-17(23-3)19(15)16/h5-10,15H,4,11H2,1-3H3,(H,20,21). The average molecular weight is 327 g/mol. The Balaban J connectivity index is 2.11. The predicted molar refractivity (Wildman–Crippen MR) is 92.2 cm³/mol. The number of anilines is 1. The van der Waals surface area contributed by atoms with Gasteiger partial charge in [0.05, 0.1) is 26.5 Å². The molecule has 0 saturated heterocycles. The highest BCUT2D eigenvalue weighted by atomic mass is 16.5. The van der Waals surface area contributed by atoms with E-state index in [2.05, 4.69) is 5.32 Å². The van der Waals surface area contributed by atoms with Crippen molar-refractivity contribution < 1.29 is 19.0 Å². The van der Waals surface area contributed by atoms with Gasteiger partial charge in [0.15, 0.2) is 0 Å². The molecule has 1 aliphatic rings. The third-order valence-electron chi connectivity index (χ3n) is 4.15. The summed E-state index contributed by atoms with van der Waals surface area (Å²) in [5.41, 5.74) is 2.72. The minimum atomic E-state index is -0.0880. The molecular formula is C19H21NO4. The first-order valence-corrected chi connectivity index (χ1v) is 7.94. The van der Waals surface area contributed by atoms with Crippen LogP contribution in [-0.2, 0) is 4.79 Å². The Kier molecular flexibility index (Phi) is 4.60. The SMILES string of the molecule is CCOc1cccc(C2CC(=O)Nc3cc(OC)cc(OC)c32)c1. The minimum absolute atomic E-state index is 0.0235. The number of fused-ring (bicyclic) bond motifs is 1. The quantitative estimate of drug-likeness (QED) is 0.912. The van der Waals surface area contributed by atoms with Gasteiger partial charge in [0.2, 0.25) is 5.91 Å². The number of carbonyl (C=O) groups is 1. The van der Waals surface area contributed by atoms with Gasteiger partial charge in [-0.2, -0.15) is 0 Å². The van der Waals surface area contributed by atoms with E-state index in [1.165, 1.54) is 0 Å². The molecule has 1 amide bonds. The van der Waals surface area contributed by atoms with Crippen molar-refractivity contribution in [3.63, 3.8) is 0 Å². The third kappa shape index (κ3) is 3.02. The molecule has 1 aliphatic heterocycles. The number of benzene rings is 2. The molecule has 1 N–H and O–H groups in total. The zero-order chi connectivity index (χ0) is 17.1. The fourth-order valence-electron chi connectivity index (χ4n) is 3.11. The van der Waals surface area contributed by atoms with E-state index < -0.39 is 0 Å². The van der Waals surface area contributed by atoms with Crippen molar-refractivity contribution >= 4 is 11.6 Å². The van der Waals surface area contributed by atoms with Gasteiger partial charge in [-0.1, -0.05) is 12.1 Å². The molecule has 1 unspecified atom stereocenters. The van der Waals surface area contributed by atoms with Crippen molar-refractivity contribution in [3.8, 4) is 17.2 Å². The molecule has 126 valence electrons. The number of ether oxygens (including phenoxy) is 3. The highest BCUT2D eigenvalue weighted by Crippen LogP contribution is 2.45. The highest BCUT2D eigenvalue weighted by molar-refractivity contribution is 5.96. The lowest BCUT2D eigenvalue weighted by atomic mass is 9.84. The number of nitrogens with one attached hydrogen (secondary N) is 1. The van der Waals surface area contributed by atoms with E-state index in [0.717, 1.165) is 22.6 Å².